The number of aliphatic hydroxyl groups excluding tert-OH is 1. The Bertz CT molecular complexity index is 679. The standard InChI is InChI=1S/C18H25N3O7/c1-11(22)15(17(25)27-2)21-16(24)13(8-9-14(19)23)20-18(26)28-10-12-6-4-3-5-7-12/h3-7,11,13,15,22H,8-10H2,1-2H3,(H2,19,23)(H,20,26)(H,21,24)/t11-,13+,15+/m0/s1. The molecule has 3 atom stereocenters. The summed E-state index contributed by atoms with van der Waals surface area (Å²) >= 11 is 0. The monoisotopic (exact) mass is 395 g/mol. The van der Waals surface area contributed by atoms with E-state index in [1.54, 1.807) is 24.3 Å². The van der Waals surface area contributed by atoms with Gasteiger partial charge < -0.3 is 30.9 Å². The van der Waals surface area contributed by atoms with Gasteiger partial charge >= 0.3 is 12.1 Å². The van der Waals surface area contributed by atoms with Gasteiger partial charge in [0.25, 0.3) is 0 Å². The first-order chi connectivity index (χ1) is 13.2. The third-order valence-corrected chi connectivity index (χ3v) is 3.74. The Hall–Kier alpha value is -3.14. The van der Waals surface area contributed by atoms with Gasteiger partial charge in [0.05, 0.1) is 13.2 Å². The van der Waals surface area contributed by atoms with Gasteiger partial charge in [-0.15, -0.1) is 0 Å². The Morgan fingerprint density at radius 3 is 2.32 bits per heavy atom. The predicted octanol–water partition coefficient (Wildman–Crippen LogP) is -0.414. The molecule has 0 heterocycles. The number of alkyl carbamates (subject to hydrolysis) is 1. The van der Waals surface area contributed by atoms with Gasteiger partial charge in [0, 0.05) is 6.42 Å². The molecule has 1 rings (SSSR count). The Labute approximate surface area is 162 Å². The molecule has 154 valence electrons. The molecule has 0 spiro atoms. The molecule has 0 saturated carbocycles. The number of ether oxygens (including phenoxy) is 2. The van der Waals surface area contributed by atoms with E-state index >= 15 is 0 Å². The first kappa shape index (κ1) is 22.9. The summed E-state index contributed by atoms with van der Waals surface area (Å²) in [7, 11) is 1.10. The first-order valence-corrected chi connectivity index (χ1v) is 8.56. The number of aliphatic hydroxyl groups is 1. The van der Waals surface area contributed by atoms with Crippen molar-refractivity contribution in [3.63, 3.8) is 0 Å². The van der Waals surface area contributed by atoms with Crippen LogP contribution in [0.5, 0.6) is 0 Å². The number of nitrogens with two attached hydrogens (primary N) is 1. The maximum atomic E-state index is 12.4. The van der Waals surface area contributed by atoms with Gasteiger partial charge in [0.1, 0.15) is 12.6 Å². The fourth-order valence-electron chi connectivity index (χ4n) is 2.22. The van der Waals surface area contributed by atoms with E-state index in [9.17, 15) is 24.3 Å². The van der Waals surface area contributed by atoms with Crippen LogP contribution in [0.2, 0.25) is 0 Å². The summed E-state index contributed by atoms with van der Waals surface area (Å²) < 4.78 is 9.57. The molecular formula is C18H25N3O7. The molecule has 0 saturated heterocycles. The van der Waals surface area contributed by atoms with Crippen LogP contribution in [0.1, 0.15) is 25.3 Å². The van der Waals surface area contributed by atoms with Gasteiger partial charge in [-0.2, -0.15) is 0 Å². The molecule has 1 aromatic rings. The molecule has 10 heteroatoms. The van der Waals surface area contributed by atoms with Gasteiger partial charge in [-0.25, -0.2) is 9.59 Å². The molecule has 0 aliphatic rings. The number of carbonyl (C=O) groups is 4. The van der Waals surface area contributed by atoms with Crippen LogP contribution in [0.25, 0.3) is 0 Å². The number of benzene rings is 1. The van der Waals surface area contributed by atoms with Crippen LogP contribution in [0.4, 0.5) is 4.79 Å². The second-order valence-electron chi connectivity index (χ2n) is 6.01. The van der Waals surface area contributed by atoms with E-state index < -0.39 is 42.1 Å². The van der Waals surface area contributed by atoms with Gasteiger partial charge in [-0.05, 0) is 18.9 Å². The van der Waals surface area contributed by atoms with Crippen molar-refractivity contribution in [2.24, 2.45) is 5.73 Å². The minimum absolute atomic E-state index is 0.0186. The smallest absolute Gasteiger partial charge is 0.408 e. The van der Waals surface area contributed by atoms with Crippen molar-refractivity contribution in [3.05, 3.63) is 35.9 Å². The van der Waals surface area contributed by atoms with Gasteiger partial charge in [0.15, 0.2) is 6.04 Å². The lowest BCUT2D eigenvalue weighted by molar-refractivity contribution is -0.148. The number of primary amides is 1. The molecule has 5 N–H and O–H groups in total. The van der Waals surface area contributed by atoms with Crippen molar-refractivity contribution in [1.29, 1.82) is 0 Å². The third kappa shape index (κ3) is 8.04. The highest BCUT2D eigenvalue weighted by atomic mass is 16.5. The highest BCUT2D eigenvalue weighted by Crippen LogP contribution is 2.04. The number of hydrogen-bond acceptors (Lipinski definition) is 7. The summed E-state index contributed by atoms with van der Waals surface area (Å²) in [6.07, 6.45) is -2.43. The van der Waals surface area contributed by atoms with Gasteiger partial charge in [-0.1, -0.05) is 30.3 Å². The second kappa shape index (κ2) is 11.5. The minimum atomic E-state index is -1.34. The lowest BCUT2D eigenvalue weighted by Crippen LogP contribution is -2.55. The maximum Gasteiger partial charge on any atom is 0.408 e. The lowest BCUT2D eigenvalue weighted by atomic mass is 10.1. The van der Waals surface area contributed by atoms with Crippen molar-refractivity contribution in [2.45, 2.75) is 44.6 Å². The van der Waals surface area contributed by atoms with Crippen molar-refractivity contribution < 1.29 is 33.8 Å². The van der Waals surface area contributed by atoms with Crippen molar-refractivity contribution in [3.8, 4) is 0 Å². The molecule has 0 bridgehead atoms. The molecule has 0 unspecified atom stereocenters. The summed E-state index contributed by atoms with van der Waals surface area (Å²) in [5.41, 5.74) is 5.84. The fraction of sp³-hybridized carbons (Fsp3) is 0.444. The summed E-state index contributed by atoms with van der Waals surface area (Å²) in [5.74, 6) is -2.32. The zero-order valence-electron chi connectivity index (χ0n) is 15.7. The molecule has 10 nitrogen and oxygen atoms in total. The third-order valence-electron chi connectivity index (χ3n) is 3.74. The van der Waals surface area contributed by atoms with Crippen LogP contribution < -0.4 is 16.4 Å². The van der Waals surface area contributed by atoms with Crippen molar-refractivity contribution >= 4 is 23.9 Å². The summed E-state index contributed by atoms with van der Waals surface area (Å²) in [5, 5.41) is 14.3. The van der Waals surface area contributed by atoms with Crippen LogP contribution in [-0.4, -0.2) is 54.3 Å². The van der Waals surface area contributed by atoms with Crippen LogP contribution >= 0.6 is 0 Å². The van der Waals surface area contributed by atoms with Crippen LogP contribution in [-0.2, 0) is 30.5 Å². The van der Waals surface area contributed by atoms with E-state index in [2.05, 4.69) is 15.4 Å². The lowest BCUT2D eigenvalue weighted by Gasteiger charge is -2.23. The molecule has 0 fully saturated rings. The summed E-state index contributed by atoms with van der Waals surface area (Å²) in [4.78, 5) is 47.2. The van der Waals surface area contributed by atoms with Crippen LogP contribution in [0.3, 0.4) is 0 Å². The predicted molar refractivity (Wildman–Crippen MR) is 97.6 cm³/mol. The zero-order valence-corrected chi connectivity index (χ0v) is 15.7. The Morgan fingerprint density at radius 2 is 1.79 bits per heavy atom. The van der Waals surface area contributed by atoms with Crippen molar-refractivity contribution in [2.75, 3.05) is 7.11 Å². The van der Waals surface area contributed by atoms with Crippen LogP contribution in [0.15, 0.2) is 30.3 Å². The molecule has 1 aromatic carbocycles. The Morgan fingerprint density at radius 1 is 1.14 bits per heavy atom. The molecule has 3 amide bonds. The average molecular weight is 395 g/mol. The molecule has 0 aliphatic heterocycles. The van der Waals surface area contributed by atoms with E-state index in [1.807, 2.05) is 6.07 Å². The van der Waals surface area contributed by atoms with Crippen molar-refractivity contribution in [1.82, 2.24) is 10.6 Å². The SMILES string of the molecule is COC(=O)[C@H](NC(=O)[C@@H](CCC(N)=O)NC(=O)OCc1ccccc1)[C@H](C)O. The molecule has 0 aromatic heterocycles. The second-order valence-corrected chi connectivity index (χ2v) is 6.01. The van der Waals surface area contributed by atoms with Crippen LogP contribution in [0, 0.1) is 0 Å². The Kier molecular flexibility index (Phi) is 9.44. The minimum Gasteiger partial charge on any atom is -0.467 e. The van der Waals surface area contributed by atoms with E-state index in [4.69, 9.17) is 10.5 Å². The highest BCUT2D eigenvalue weighted by molar-refractivity contribution is 5.90. The summed E-state index contributed by atoms with van der Waals surface area (Å²) in [6, 6.07) is 6.35. The zero-order chi connectivity index (χ0) is 21.1. The number of rotatable bonds is 10. The van der Waals surface area contributed by atoms with E-state index in [1.165, 1.54) is 6.92 Å². The number of methoxy groups -OCH3 is 1. The number of esters is 1. The molecule has 0 radical (unpaired) electrons. The number of carbonyl (C=O) groups excluding carboxylic acids is 4. The maximum absolute atomic E-state index is 12.4. The molecular weight excluding hydrogens is 370 g/mol. The van der Waals surface area contributed by atoms with E-state index in [0.717, 1.165) is 12.7 Å². The number of nitrogens with one attached hydrogen (secondary N) is 2. The normalized spacial score (nSPS) is 13.5. The quantitative estimate of drug-likeness (QED) is 0.392. The van der Waals surface area contributed by atoms with Gasteiger partial charge in [-0.3, -0.25) is 9.59 Å². The largest absolute Gasteiger partial charge is 0.467 e. The van der Waals surface area contributed by atoms with Gasteiger partial charge in [0.2, 0.25) is 11.8 Å². The topological polar surface area (TPSA) is 157 Å². The Balaban J connectivity index is 2.74. The molecule has 0 aliphatic carbocycles. The first-order valence-electron chi connectivity index (χ1n) is 8.56. The van der Waals surface area contributed by atoms with E-state index in [0.29, 0.717) is 0 Å². The number of amides is 3. The highest BCUT2D eigenvalue weighted by Gasteiger charge is 2.30. The average Bonchev–Trinajstić information content (AvgIpc) is 2.67. The fourth-order valence-corrected chi connectivity index (χ4v) is 2.22. The molecule has 28 heavy (non-hydrogen) atoms. The summed E-state index contributed by atoms with van der Waals surface area (Å²) in [6.45, 7) is 1.27. The number of hydrogen-bond donors (Lipinski definition) is 4. The van der Waals surface area contributed by atoms with E-state index in [-0.39, 0.29) is 19.4 Å².